The fourth-order valence-corrected chi connectivity index (χ4v) is 4.19. The van der Waals surface area contributed by atoms with Crippen molar-refractivity contribution in [1.82, 2.24) is 9.88 Å². The van der Waals surface area contributed by atoms with E-state index in [0.717, 1.165) is 0 Å². The summed E-state index contributed by atoms with van der Waals surface area (Å²) < 4.78 is 10.5. The lowest BCUT2D eigenvalue weighted by atomic mass is 9.96. The molecule has 1 aromatic heterocycles. The van der Waals surface area contributed by atoms with Crippen molar-refractivity contribution in [2.45, 2.75) is 19.3 Å². The average Bonchev–Trinajstić information content (AvgIpc) is 3.20. The highest BCUT2D eigenvalue weighted by atomic mass is 32.1. The Balaban J connectivity index is 1.45. The molecular weight excluding hydrogens is 434 g/mol. The first kappa shape index (κ1) is 23.5. The minimum Gasteiger partial charge on any atom is -0.497 e. The molecule has 1 fully saturated rings. The van der Waals surface area contributed by atoms with Gasteiger partial charge in [0.25, 0.3) is 0 Å². The van der Waals surface area contributed by atoms with Crippen LogP contribution in [-0.4, -0.2) is 61.5 Å². The number of carbonyl (C=O) groups excluding carboxylic acids is 3. The van der Waals surface area contributed by atoms with Gasteiger partial charge < -0.3 is 25.8 Å². The number of nitrogens with two attached hydrogens (primary N) is 1. The van der Waals surface area contributed by atoms with E-state index in [9.17, 15) is 14.4 Å². The molecule has 10 nitrogen and oxygen atoms in total. The maximum Gasteiger partial charge on any atom is 0.238 e. The SMILES string of the molecule is COc1ccc(NC(=O)CN2CCC(C(=O)Nc3nc(CC(N)=O)cs3)CC2)c(OC)c1. The number of primary amides is 1. The van der Waals surface area contributed by atoms with Gasteiger partial charge in [-0.15, -0.1) is 11.3 Å². The van der Waals surface area contributed by atoms with Crippen LogP contribution in [0.2, 0.25) is 0 Å². The summed E-state index contributed by atoms with van der Waals surface area (Å²) in [5, 5.41) is 7.84. The molecule has 1 aliphatic heterocycles. The second-order valence-electron chi connectivity index (χ2n) is 7.44. The van der Waals surface area contributed by atoms with Gasteiger partial charge in [-0.2, -0.15) is 0 Å². The van der Waals surface area contributed by atoms with Crippen LogP contribution in [0.4, 0.5) is 10.8 Å². The summed E-state index contributed by atoms with van der Waals surface area (Å²) in [5.41, 5.74) is 6.29. The highest BCUT2D eigenvalue weighted by Crippen LogP contribution is 2.29. The second-order valence-corrected chi connectivity index (χ2v) is 8.30. The van der Waals surface area contributed by atoms with Crippen LogP contribution in [0.5, 0.6) is 11.5 Å². The molecule has 3 amide bonds. The van der Waals surface area contributed by atoms with E-state index in [1.807, 2.05) is 4.90 Å². The second kappa shape index (κ2) is 10.9. The van der Waals surface area contributed by atoms with Crippen molar-refractivity contribution in [3.05, 3.63) is 29.3 Å². The van der Waals surface area contributed by atoms with Crippen LogP contribution >= 0.6 is 11.3 Å². The molecule has 2 heterocycles. The highest BCUT2D eigenvalue weighted by molar-refractivity contribution is 7.13. The van der Waals surface area contributed by atoms with Gasteiger partial charge in [-0.1, -0.05) is 0 Å². The number of likely N-dealkylation sites (tertiary alicyclic amines) is 1. The van der Waals surface area contributed by atoms with Crippen molar-refractivity contribution in [3.8, 4) is 11.5 Å². The van der Waals surface area contributed by atoms with Crippen LogP contribution in [0.25, 0.3) is 0 Å². The Morgan fingerprint density at radius 3 is 2.59 bits per heavy atom. The monoisotopic (exact) mass is 461 g/mol. The summed E-state index contributed by atoms with van der Waals surface area (Å²) in [4.78, 5) is 42.2. The number of carbonyl (C=O) groups is 3. The maximum absolute atomic E-state index is 12.5. The number of nitrogens with one attached hydrogen (secondary N) is 2. The minimum atomic E-state index is -0.463. The quantitative estimate of drug-likeness (QED) is 0.514. The number of aromatic nitrogens is 1. The van der Waals surface area contributed by atoms with Crippen LogP contribution in [0, 0.1) is 5.92 Å². The van der Waals surface area contributed by atoms with Crippen molar-refractivity contribution in [1.29, 1.82) is 0 Å². The summed E-state index contributed by atoms with van der Waals surface area (Å²) in [6.07, 6.45) is 1.34. The number of anilines is 2. The summed E-state index contributed by atoms with van der Waals surface area (Å²) in [5.74, 6) is 0.295. The van der Waals surface area contributed by atoms with E-state index in [-0.39, 0.29) is 30.7 Å². The predicted molar refractivity (Wildman–Crippen MR) is 121 cm³/mol. The molecule has 0 radical (unpaired) electrons. The topological polar surface area (TPSA) is 136 Å². The van der Waals surface area contributed by atoms with Crippen molar-refractivity contribution in [3.63, 3.8) is 0 Å². The van der Waals surface area contributed by atoms with Crippen LogP contribution < -0.4 is 25.8 Å². The van der Waals surface area contributed by atoms with Gasteiger partial charge in [0.05, 0.1) is 38.6 Å². The van der Waals surface area contributed by atoms with Gasteiger partial charge in [0.15, 0.2) is 5.13 Å². The third-order valence-corrected chi connectivity index (χ3v) is 5.95. The van der Waals surface area contributed by atoms with Crippen LogP contribution in [0.1, 0.15) is 18.5 Å². The molecule has 4 N–H and O–H groups in total. The summed E-state index contributed by atoms with van der Waals surface area (Å²) in [6.45, 7) is 1.50. The molecule has 32 heavy (non-hydrogen) atoms. The van der Waals surface area contributed by atoms with E-state index < -0.39 is 5.91 Å². The molecule has 0 atom stereocenters. The summed E-state index contributed by atoms with van der Waals surface area (Å²) in [7, 11) is 3.10. The number of methoxy groups -OCH3 is 2. The van der Waals surface area contributed by atoms with Crippen LogP contribution in [0.15, 0.2) is 23.6 Å². The maximum atomic E-state index is 12.5. The Hall–Kier alpha value is -3.18. The first-order valence-corrected chi connectivity index (χ1v) is 11.0. The zero-order valence-corrected chi connectivity index (χ0v) is 18.9. The molecule has 3 rings (SSSR count). The van der Waals surface area contributed by atoms with Gasteiger partial charge in [-0.25, -0.2) is 4.98 Å². The Bertz CT molecular complexity index is 971. The minimum absolute atomic E-state index is 0.0508. The van der Waals surface area contributed by atoms with E-state index in [0.29, 0.717) is 53.9 Å². The number of ether oxygens (including phenoxy) is 2. The van der Waals surface area contributed by atoms with Gasteiger partial charge in [0, 0.05) is 17.4 Å². The molecule has 0 bridgehead atoms. The highest BCUT2D eigenvalue weighted by Gasteiger charge is 2.26. The van der Waals surface area contributed by atoms with Gasteiger partial charge >= 0.3 is 0 Å². The molecule has 172 valence electrons. The molecule has 1 saturated heterocycles. The smallest absolute Gasteiger partial charge is 0.238 e. The normalized spacial score (nSPS) is 14.6. The largest absolute Gasteiger partial charge is 0.497 e. The molecular formula is C21H27N5O5S. The Labute approximate surface area is 190 Å². The standard InChI is InChI=1S/C21H27N5O5S/c1-30-15-3-4-16(17(10-15)31-2)24-19(28)11-26-7-5-13(6-8-26)20(29)25-21-23-14(12-32-21)9-18(22)27/h3-4,10,12-13H,5-9,11H2,1-2H3,(H2,22,27)(H,24,28)(H,23,25,29). The first-order valence-electron chi connectivity index (χ1n) is 10.2. The number of rotatable bonds is 9. The van der Waals surface area contributed by atoms with Crippen molar-refractivity contribution < 1.29 is 23.9 Å². The molecule has 2 aromatic rings. The number of hydrogen-bond donors (Lipinski definition) is 3. The fourth-order valence-electron chi connectivity index (χ4n) is 3.48. The van der Waals surface area contributed by atoms with Gasteiger partial charge in [0.2, 0.25) is 17.7 Å². The average molecular weight is 462 g/mol. The third-order valence-electron chi connectivity index (χ3n) is 5.15. The zero-order valence-electron chi connectivity index (χ0n) is 18.1. The van der Waals surface area contributed by atoms with Crippen molar-refractivity contribution >= 4 is 39.9 Å². The van der Waals surface area contributed by atoms with Gasteiger partial charge in [-0.3, -0.25) is 19.3 Å². The summed E-state index contributed by atoms with van der Waals surface area (Å²) in [6, 6.07) is 5.19. The molecule has 0 saturated carbocycles. The van der Waals surface area contributed by atoms with E-state index in [4.69, 9.17) is 15.2 Å². The van der Waals surface area contributed by atoms with Crippen molar-refractivity contribution in [2.24, 2.45) is 11.7 Å². The van der Waals surface area contributed by atoms with E-state index in [2.05, 4.69) is 15.6 Å². The molecule has 11 heteroatoms. The molecule has 1 aromatic carbocycles. The fraction of sp³-hybridized carbons (Fsp3) is 0.429. The predicted octanol–water partition coefficient (Wildman–Crippen LogP) is 1.48. The Morgan fingerprint density at radius 1 is 1.19 bits per heavy atom. The lowest BCUT2D eigenvalue weighted by Crippen LogP contribution is -2.41. The van der Waals surface area contributed by atoms with Crippen LogP contribution in [-0.2, 0) is 20.8 Å². The number of thiazole rings is 1. The third kappa shape index (κ3) is 6.41. The molecule has 0 aliphatic carbocycles. The van der Waals surface area contributed by atoms with Crippen molar-refractivity contribution in [2.75, 3.05) is 44.5 Å². The molecule has 0 spiro atoms. The summed E-state index contributed by atoms with van der Waals surface area (Å²) >= 11 is 1.27. The number of piperidine rings is 1. The number of hydrogen-bond acceptors (Lipinski definition) is 8. The lowest BCUT2D eigenvalue weighted by Gasteiger charge is -2.30. The number of benzene rings is 1. The van der Waals surface area contributed by atoms with E-state index in [1.54, 1.807) is 30.7 Å². The molecule has 1 aliphatic rings. The molecule has 0 unspecified atom stereocenters. The Morgan fingerprint density at radius 2 is 1.94 bits per heavy atom. The van der Waals surface area contributed by atoms with E-state index in [1.165, 1.54) is 18.4 Å². The van der Waals surface area contributed by atoms with Crippen LogP contribution in [0.3, 0.4) is 0 Å². The lowest BCUT2D eigenvalue weighted by molar-refractivity contribution is -0.121. The first-order chi connectivity index (χ1) is 15.4. The Kier molecular flexibility index (Phi) is 8.01. The number of amides is 3. The number of nitrogens with zero attached hydrogens (tertiary/aromatic N) is 2. The van der Waals surface area contributed by atoms with Gasteiger partial charge in [-0.05, 0) is 38.1 Å². The van der Waals surface area contributed by atoms with E-state index >= 15 is 0 Å². The zero-order chi connectivity index (χ0) is 23.1. The van der Waals surface area contributed by atoms with Gasteiger partial charge in [0.1, 0.15) is 11.5 Å².